The lowest BCUT2D eigenvalue weighted by Gasteiger charge is -2.08. The van der Waals surface area contributed by atoms with Gasteiger partial charge in [0.25, 0.3) is 11.8 Å². The van der Waals surface area contributed by atoms with Crippen molar-refractivity contribution in [1.82, 2.24) is 9.88 Å². The van der Waals surface area contributed by atoms with Crippen molar-refractivity contribution >= 4 is 34.8 Å². The molecule has 0 saturated heterocycles. The number of thiazole rings is 1. The minimum atomic E-state index is -0.325. The van der Waals surface area contributed by atoms with E-state index in [9.17, 15) is 9.59 Å². The Morgan fingerprint density at radius 2 is 1.83 bits per heavy atom. The molecule has 2 aromatic carbocycles. The van der Waals surface area contributed by atoms with Gasteiger partial charge in [0, 0.05) is 33.3 Å². The van der Waals surface area contributed by atoms with Crippen molar-refractivity contribution in [1.29, 1.82) is 0 Å². The Morgan fingerprint density at radius 3 is 2.48 bits per heavy atom. The van der Waals surface area contributed by atoms with Crippen LogP contribution in [0.2, 0.25) is 5.02 Å². The lowest BCUT2D eigenvalue weighted by molar-refractivity contribution is 0.0954. The summed E-state index contributed by atoms with van der Waals surface area (Å²) in [5.41, 5.74) is 3.16. The Kier molecular flexibility index (Phi) is 6.67. The number of benzene rings is 2. The van der Waals surface area contributed by atoms with Crippen molar-refractivity contribution in [3.63, 3.8) is 0 Å². The van der Waals surface area contributed by atoms with Crippen molar-refractivity contribution in [2.75, 3.05) is 6.54 Å². The zero-order valence-corrected chi connectivity index (χ0v) is 18.1. The van der Waals surface area contributed by atoms with E-state index in [2.05, 4.69) is 10.3 Å². The smallest absolute Gasteiger partial charge is 0.279 e. The Morgan fingerprint density at radius 1 is 1.10 bits per heavy atom. The number of carbonyl (C=O) groups excluding carboxylic acids is 2. The summed E-state index contributed by atoms with van der Waals surface area (Å²) < 4.78 is 2.02. The molecule has 0 unspecified atom stereocenters. The molecule has 1 N–H and O–H groups in total. The first-order chi connectivity index (χ1) is 13.9. The van der Waals surface area contributed by atoms with Gasteiger partial charge in [-0.15, -0.1) is 11.3 Å². The average molecular weight is 428 g/mol. The van der Waals surface area contributed by atoms with E-state index in [0.717, 1.165) is 16.1 Å². The Labute approximate surface area is 178 Å². The number of nitrogens with one attached hydrogen (secondary N) is 1. The third-order valence-electron chi connectivity index (χ3n) is 4.55. The number of amides is 2. The van der Waals surface area contributed by atoms with Crippen LogP contribution < -0.4 is 10.1 Å². The van der Waals surface area contributed by atoms with Gasteiger partial charge in [-0.3, -0.25) is 9.59 Å². The molecule has 0 atom stereocenters. The van der Waals surface area contributed by atoms with Crippen LogP contribution >= 0.6 is 22.9 Å². The number of carbonyl (C=O) groups is 2. The minimum absolute atomic E-state index is 0.0860. The predicted molar refractivity (Wildman–Crippen MR) is 117 cm³/mol. The van der Waals surface area contributed by atoms with Gasteiger partial charge in [0.15, 0.2) is 4.80 Å². The van der Waals surface area contributed by atoms with Crippen LogP contribution in [0.25, 0.3) is 0 Å². The van der Waals surface area contributed by atoms with Crippen molar-refractivity contribution in [3.05, 3.63) is 85.6 Å². The van der Waals surface area contributed by atoms with E-state index in [-0.39, 0.29) is 11.8 Å². The van der Waals surface area contributed by atoms with Crippen LogP contribution in [0.3, 0.4) is 0 Å². The molecule has 1 heterocycles. The number of nitrogens with zero attached hydrogens (tertiary/aromatic N) is 2. The second kappa shape index (κ2) is 9.20. The Balaban J connectivity index is 1.91. The zero-order valence-electron chi connectivity index (χ0n) is 16.5. The molecule has 0 aliphatic rings. The number of halogens is 1. The average Bonchev–Trinajstić information content (AvgIpc) is 2.96. The standard InChI is InChI=1S/C22H22ClN3O2S/c1-4-24-20(27)17-10-8-16(9-11-17)13-26-14(2)15(3)29-22(26)25-21(28)18-6-5-7-19(23)12-18/h5-12H,4,13H2,1-3H3,(H,24,27). The molecular formula is C22H22ClN3O2S. The van der Waals surface area contributed by atoms with E-state index in [0.29, 0.717) is 34.0 Å². The first-order valence-corrected chi connectivity index (χ1v) is 10.5. The summed E-state index contributed by atoms with van der Waals surface area (Å²) in [6.45, 7) is 7.07. The first-order valence-electron chi connectivity index (χ1n) is 9.27. The van der Waals surface area contributed by atoms with Crippen LogP contribution in [-0.4, -0.2) is 22.9 Å². The fourth-order valence-corrected chi connectivity index (χ4v) is 4.01. The van der Waals surface area contributed by atoms with Crippen LogP contribution in [0.5, 0.6) is 0 Å². The highest BCUT2D eigenvalue weighted by molar-refractivity contribution is 7.09. The van der Waals surface area contributed by atoms with E-state index in [1.54, 1.807) is 24.3 Å². The van der Waals surface area contributed by atoms with Crippen LogP contribution in [0.1, 0.15) is 43.8 Å². The maximum absolute atomic E-state index is 12.6. The lowest BCUT2D eigenvalue weighted by Crippen LogP contribution is -2.22. The number of rotatable bonds is 5. The van der Waals surface area contributed by atoms with Crippen LogP contribution in [0, 0.1) is 13.8 Å². The van der Waals surface area contributed by atoms with Crippen LogP contribution in [-0.2, 0) is 6.54 Å². The Bertz CT molecular complexity index is 1110. The van der Waals surface area contributed by atoms with Gasteiger partial charge in [0.05, 0.1) is 6.54 Å². The van der Waals surface area contributed by atoms with E-state index in [1.807, 2.05) is 49.6 Å². The number of hydrogen-bond donors (Lipinski definition) is 1. The maximum atomic E-state index is 12.6. The van der Waals surface area contributed by atoms with Crippen LogP contribution in [0.15, 0.2) is 53.5 Å². The lowest BCUT2D eigenvalue weighted by atomic mass is 10.1. The summed E-state index contributed by atoms with van der Waals surface area (Å²) in [5.74, 6) is -0.411. The fraction of sp³-hybridized carbons (Fsp3) is 0.227. The van der Waals surface area contributed by atoms with Gasteiger partial charge < -0.3 is 9.88 Å². The molecule has 3 rings (SSSR count). The molecule has 1 aromatic heterocycles. The highest BCUT2D eigenvalue weighted by Gasteiger charge is 2.11. The molecular weight excluding hydrogens is 406 g/mol. The monoisotopic (exact) mass is 427 g/mol. The second-order valence-electron chi connectivity index (χ2n) is 6.60. The largest absolute Gasteiger partial charge is 0.352 e. The third kappa shape index (κ3) is 5.02. The van der Waals surface area contributed by atoms with Crippen molar-refractivity contribution < 1.29 is 9.59 Å². The topological polar surface area (TPSA) is 63.5 Å². The number of aromatic nitrogens is 1. The number of hydrogen-bond acceptors (Lipinski definition) is 3. The van der Waals surface area contributed by atoms with E-state index < -0.39 is 0 Å². The molecule has 150 valence electrons. The zero-order chi connectivity index (χ0) is 21.0. The second-order valence-corrected chi connectivity index (χ2v) is 8.21. The molecule has 0 spiro atoms. The summed E-state index contributed by atoms with van der Waals surface area (Å²) >= 11 is 7.47. The molecule has 0 radical (unpaired) electrons. The van der Waals surface area contributed by atoms with Gasteiger partial charge in [-0.2, -0.15) is 4.99 Å². The maximum Gasteiger partial charge on any atom is 0.279 e. The SMILES string of the molecule is CCNC(=O)c1ccc(Cn2c(C)c(C)sc2=NC(=O)c2cccc(Cl)c2)cc1. The van der Waals surface area contributed by atoms with Crippen molar-refractivity contribution in [2.45, 2.75) is 27.3 Å². The minimum Gasteiger partial charge on any atom is -0.352 e. The highest BCUT2D eigenvalue weighted by Crippen LogP contribution is 2.15. The highest BCUT2D eigenvalue weighted by atomic mass is 35.5. The molecule has 0 aliphatic heterocycles. The summed E-state index contributed by atoms with van der Waals surface area (Å²) in [7, 11) is 0. The van der Waals surface area contributed by atoms with E-state index in [1.165, 1.54) is 11.3 Å². The van der Waals surface area contributed by atoms with Crippen LogP contribution in [0.4, 0.5) is 0 Å². The molecule has 29 heavy (non-hydrogen) atoms. The fourth-order valence-electron chi connectivity index (χ4n) is 2.85. The molecule has 2 amide bonds. The first kappa shape index (κ1) is 21.0. The molecule has 0 fully saturated rings. The summed E-state index contributed by atoms with van der Waals surface area (Å²) in [6.07, 6.45) is 0. The van der Waals surface area contributed by atoms with Gasteiger partial charge in [-0.05, 0) is 56.7 Å². The molecule has 3 aromatic rings. The van der Waals surface area contributed by atoms with Crippen molar-refractivity contribution in [2.24, 2.45) is 4.99 Å². The Hall–Kier alpha value is -2.70. The molecule has 0 bridgehead atoms. The third-order valence-corrected chi connectivity index (χ3v) is 5.88. The van der Waals surface area contributed by atoms with Gasteiger partial charge in [-0.25, -0.2) is 0 Å². The van der Waals surface area contributed by atoms with E-state index in [4.69, 9.17) is 11.6 Å². The van der Waals surface area contributed by atoms with Gasteiger partial charge in [0.1, 0.15) is 0 Å². The van der Waals surface area contributed by atoms with Crippen molar-refractivity contribution in [3.8, 4) is 0 Å². The molecule has 0 aliphatic carbocycles. The summed E-state index contributed by atoms with van der Waals surface area (Å²) in [4.78, 5) is 30.6. The normalized spacial score (nSPS) is 11.5. The van der Waals surface area contributed by atoms with E-state index >= 15 is 0 Å². The van der Waals surface area contributed by atoms with Gasteiger partial charge >= 0.3 is 0 Å². The van der Waals surface area contributed by atoms with Gasteiger partial charge in [-0.1, -0.05) is 29.8 Å². The summed E-state index contributed by atoms with van der Waals surface area (Å²) in [6, 6.07) is 14.2. The van der Waals surface area contributed by atoms with Gasteiger partial charge in [0.2, 0.25) is 0 Å². The molecule has 7 heteroatoms. The number of aryl methyl sites for hydroxylation is 1. The predicted octanol–water partition coefficient (Wildman–Crippen LogP) is 4.36. The summed E-state index contributed by atoms with van der Waals surface area (Å²) in [5, 5.41) is 3.29. The molecule has 0 saturated carbocycles. The molecule has 5 nitrogen and oxygen atoms in total. The quantitative estimate of drug-likeness (QED) is 0.657.